The van der Waals surface area contributed by atoms with Crippen molar-refractivity contribution >= 4 is 5.69 Å². The molecule has 0 atom stereocenters. The fourth-order valence-corrected chi connectivity index (χ4v) is 1.50. The molecule has 0 bridgehead atoms. The minimum atomic E-state index is -1.24. The van der Waals surface area contributed by atoms with Crippen LogP contribution in [0.4, 0.5) is 18.9 Å². The summed E-state index contributed by atoms with van der Waals surface area (Å²) in [5.41, 5.74) is 0.759. The van der Waals surface area contributed by atoms with Crippen molar-refractivity contribution in [3.8, 4) is 6.07 Å². The van der Waals surface area contributed by atoms with Crippen LogP contribution in [0.2, 0.25) is 0 Å². The summed E-state index contributed by atoms with van der Waals surface area (Å²) in [6, 6.07) is 6.24. The van der Waals surface area contributed by atoms with Crippen molar-refractivity contribution in [2.75, 3.05) is 5.32 Å². The van der Waals surface area contributed by atoms with Crippen LogP contribution in [0.25, 0.3) is 0 Å². The second kappa shape index (κ2) is 5.40. The van der Waals surface area contributed by atoms with Crippen molar-refractivity contribution in [2.24, 2.45) is 0 Å². The maximum absolute atomic E-state index is 13.3. The predicted molar refractivity (Wildman–Crippen MR) is 62.6 cm³/mol. The van der Waals surface area contributed by atoms with Crippen molar-refractivity contribution in [3.05, 3.63) is 59.2 Å². The first-order chi connectivity index (χ1) is 9.10. The highest BCUT2D eigenvalue weighted by Gasteiger charge is 2.09. The Labute approximate surface area is 107 Å². The molecule has 1 aromatic heterocycles. The van der Waals surface area contributed by atoms with Gasteiger partial charge in [-0.25, -0.2) is 18.2 Å². The van der Waals surface area contributed by atoms with Gasteiger partial charge in [0, 0.05) is 24.9 Å². The van der Waals surface area contributed by atoms with E-state index < -0.39 is 17.5 Å². The van der Waals surface area contributed by atoms with E-state index in [0.717, 1.165) is 6.07 Å². The van der Waals surface area contributed by atoms with Crippen LogP contribution >= 0.6 is 0 Å². The lowest BCUT2D eigenvalue weighted by molar-refractivity contribution is 0.496. The van der Waals surface area contributed by atoms with Gasteiger partial charge >= 0.3 is 0 Å². The number of benzene rings is 1. The maximum Gasteiger partial charge on any atom is 0.161 e. The molecular weight excluding hydrogens is 255 g/mol. The molecule has 0 aliphatic heterocycles. The van der Waals surface area contributed by atoms with Crippen LogP contribution in [-0.2, 0) is 6.54 Å². The minimum Gasteiger partial charge on any atom is -0.379 e. The number of rotatable bonds is 3. The molecule has 1 aromatic carbocycles. The summed E-state index contributed by atoms with van der Waals surface area (Å²) in [5, 5.41) is 11.3. The van der Waals surface area contributed by atoms with E-state index in [-0.39, 0.29) is 17.9 Å². The number of anilines is 1. The minimum absolute atomic E-state index is 0.144. The van der Waals surface area contributed by atoms with Gasteiger partial charge in [0.1, 0.15) is 17.6 Å². The molecule has 0 unspecified atom stereocenters. The number of hydrogen-bond donors (Lipinski definition) is 1. The summed E-state index contributed by atoms with van der Waals surface area (Å²) in [4.78, 5) is 3.78. The lowest BCUT2D eigenvalue weighted by atomic mass is 10.2. The van der Waals surface area contributed by atoms with E-state index in [1.54, 1.807) is 6.07 Å². The normalized spacial score (nSPS) is 10.0. The van der Waals surface area contributed by atoms with Gasteiger partial charge in [-0.2, -0.15) is 5.26 Å². The third kappa shape index (κ3) is 3.01. The van der Waals surface area contributed by atoms with E-state index in [0.29, 0.717) is 11.6 Å². The van der Waals surface area contributed by atoms with Crippen LogP contribution in [0.1, 0.15) is 11.3 Å². The maximum atomic E-state index is 13.3. The van der Waals surface area contributed by atoms with Gasteiger partial charge in [0.25, 0.3) is 0 Å². The van der Waals surface area contributed by atoms with Gasteiger partial charge in [-0.15, -0.1) is 0 Å². The lowest BCUT2D eigenvalue weighted by Gasteiger charge is -2.08. The van der Waals surface area contributed by atoms with Gasteiger partial charge < -0.3 is 5.32 Å². The average Bonchev–Trinajstić information content (AvgIpc) is 2.41. The first-order valence-electron chi connectivity index (χ1n) is 5.33. The van der Waals surface area contributed by atoms with Crippen molar-refractivity contribution in [3.63, 3.8) is 0 Å². The van der Waals surface area contributed by atoms with E-state index in [9.17, 15) is 13.2 Å². The smallest absolute Gasteiger partial charge is 0.161 e. The molecule has 0 saturated carbocycles. The monoisotopic (exact) mass is 263 g/mol. The largest absolute Gasteiger partial charge is 0.379 e. The second-order valence-electron chi connectivity index (χ2n) is 3.76. The van der Waals surface area contributed by atoms with E-state index in [1.807, 2.05) is 6.07 Å². The zero-order chi connectivity index (χ0) is 13.8. The van der Waals surface area contributed by atoms with Crippen molar-refractivity contribution in [2.45, 2.75) is 6.54 Å². The Morgan fingerprint density at radius 2 is 1.84 bits per heavy atom. The molecule has 6 heteroatoms. The van der Waals surface area contributed by atoms with Gasteiger partial charge in [-0.1, -0.05) is 0 Å². The quantitative estimate of drug-likeness (QED) is 0.866. The van der Waals surface area contributed by atoms with Gasteiger partial charge in [0.05, 0.1) is 5.69 Å². The molecular formula is C13H8F3N3. The highest BCUT2D eigenvalue weighted by molar-refractivity contribution is 5.46. The Kier molecular flexibility index (Phi) is 3.66. The van der Waals surface area contributed by atoms with E-state index in [2.05, 4.69) is 10.3 Å². The summed E-state index contributed by atoms with van der Waals surface area (Å²) < 4.78 is 39.0. The number of aromatic nitrogens is 1. The highest BCUT2D eigenvalue weighted by Crippen LogP contribution is 2.19. The molecule has 0 aliphatic carbocycles. The molecule has 0 amide bonds. The molecule has 1 N–H and O–H groups in total. The topological polar surface area (TPSA) is 48.7 Å². The summed E-state index contributed by atoms with van der Waals surface area (Å²) >= 11 is 0. The zero-order valence-corrected chi connectivity index (χ0v) is 9.62. The van der Waals surface area contributed by atoms with E-state index in [4.69, 9.17) is 5.26 Å². The van der Waals surface area contributed by atoms with Crippen LogP contribution in [-0.4, -0.2) is 4.98 Å². The first-order valence-corrected chi connectivity index (χ1v) is 5.33. The summed E-state index contributed by atoms with van der Waals surface area (Å²) in [6.07, 6.45) is 1.44. The molecule has 0 saturated heterocycles. The second-order valence-corrected chi connectivity index (χ2v) is 3.76. The standard InChI is InChI=1S/C13H8F3N3/c14-10-4-12(16)13(5-11(10)15)19-7-8-1-2-18-9(3-8)6-17/h1-5,19H,7H2. The van der Waals surface area contributed by atoms with Gasteiger partial charge in [0.15, 0.2) is 11.6 Å². The van der Waals surface area contributed by atoms with E-state index >= 15 is 0 Å². The third-order valence-corrected chi connectivity index (χ3v) is 2.43. The van der Waals surface area contributed by atoms with Crippen LogP contribution in [0.5, 0.6) is 0 Å². The summed E-state index contributed by atoms with van der Waals surface area (Å²) in [6.45, 7) is 0.166. The van der Waals surface area contributed by atoms with E-state index in [1.165, 1.54) is 12.3 Å². The zero-order valence-electron chi connectivity index (χ0n) is 9.62. The molecule has 1 heterocycles. The number of halogens is 3. The van der Waals surface area contributed by atoms with Gasteiger partial charge in [-0.3, -0.25) is 0 Å². The van der Waals surface area contributed by atoms with Crippen LogP contribution in [0, 0.1) is 28.8 Å². The Bertz CT molecular complexity index is 650. The molecule has 0 fully saturated rings. The average molecular weight is 263 g/mol. The molecule has 3 nitrogen and oxygen atoms in total. The number of nitriles is 1. The van der Waals surface area contributed by atoms with Crippen molar-refractivity contribution in [1.29, 1.82) is 5.26 Å². The summed E-state index contributed by atoms with van der Waals surface area (Å²) in [5.74, 6) is -3.25. The molecule has 96 valence electrons. The number of pyridine rings is 1. The fraction of sp³-hybridized carbons (Fsp3) is 0.0769. The van der Waals surface area contributed by atoms with Crippen molar-refractivity contribution < 1.29 is 13.2 Å². The molecule has 2 rings (SSSR count). The molecule has 2 aromatic rings. The van der Waals surface area contributed by atoms with Crippen LogP contribution in [0.15, 0.2) is 30.5 Å². The first kappa shape index (κ1) is 12.9. The Hall–Kier alpha value is -2.55. The van der Waals surface area contributed by atoms with Crippen LogP contribution in [0.3, 0.4) is 0 Å². The predicted octanol–water partition coefficient (Wildman–Crippen LogP) is 2.98. The Morgan fingerprint density at radius 1 is 1.11 bits per heavy atom. The third-order valence-electron chi connectivity index (χ3n) is 2.43. The number of nitrogens with one attached hydrogen (secondary N) is 1. The Balaban J connectivity index is 2.14. The molecule has 19 heavy (non-hydrogen) atoms. The van der Waals surface area contributed by atoms with Crippen LogP contribution < -0.4 is 5.32 Å². The number of hydrogen-bond acceptors (Lipinski definition) is 3. The molecule has 0 spiro atoms. The Morgan fingerprint density at radius 3 is 2.58 bits per heavy atom. The summed E-state index contributed by atoms with van der Waals surface area (Å²) in [7, 11) is 0. The molecule has 0 aliphatic rings. The molecule has 0 radical (unpaired) electrons. The fourth-order valence-electron chi connectivity index (χ4n) is 1.50. The van der Waals surface area contributed by atoms with Gasteiger partial charge in [-0.05, 0) is 17.7 Å². The van der Waals surface area contributed by atoms with Crippen molar-refractivity contribution in [1.82, 2.24) is 4.98 Å². The number of nitrogens with zero attached hydrogens (tertiary/aromatic N) is 2. The SMILES string of the molecule is N#Cc1cc(CNc2cc(F)c(F)cc2F)ccn1. The van der Waals surface area contributed by atoms with Gasteiger partial charge in [0.2, 0.25) is 0 Å². The lowest BCUT2D eigenvalue weighted by Crippen LogP contribution is -2.03. The highest BCUT2D eigenvalue weighted by atomic mass is 19.2.